The fourth-order valence-electron chi connectivity index (χ4n) is 4.81. The number of carbonyl (C=O) groups excluding carboxylic acids is 1. The molecule has 0 saturated carbocycles. The number of carbonyl (C=O) groups is 1. The van der Waals surface area contributed by atoms with Crippen molar-refractivity contribution >= 4 is 21.8 Å². The maximum absolute atomic E-state index is 12.7. The molecule has 0 N–H and O–H groups in total. The van der Waals surface area contributed by atoms with Crippen LogP contribution < -0.4 is 4.74 Å². The normalized spacial score (nSPS) is 21.2. The summed E-state index contributed by atoms with van der Waals surface area (Å²) in [5, 5.41) is 0. The predicted octanol–water partition coefficient (Wildman–Crippen LogP) is 5.68. The van der Waals surface area contributed by atoms with Crippen molar-refractivity contribution in [3.8, 4) is 5.75 Å². The van der Waals surface area contributed by atoms with Crippen LogP contribution in [0.15, 0.2) is 22.7 Å². The highest BCUT2D eigenvalue weighted by atomic mass is 79.9. The third kappa shape index (κ3) is 7.37. The second-order valence-corrected chi connectivity index (χ2v) is 10.3. The molecule has 3 rings (SSSR count). The molecule has 1 atom stereocenters. The van der Waals surface area contributed by atoms with Crippen molar-refractivity contribution in [2.24, 2.45) is 11.8 Å². The van der Waals surface area contributed by atoms with Gasteiger partial charge >= 0.3 is 12.1 Å². The van der Waals surface area contributed by atoms with Crippen molar-refractivity contribution in [1.82, 2.24) is 9.80 Å². The van der Waals surface area contributed by atoms with Crippen molar-refractivity contribution in [3.63, 3.8) is 0 Å². The van der Waals surface area contributed by atoms with Gasteiger partial charge in [-0.2, -0.15) is 13.2 Å². The van der Waals surface area contributed by atoms with E-state index in [0.29, 0.717) is 12.3 Å². The highest BCUT2D eigenvalue weighted by Gasteiger charge is 2.43. The number of alkyl halides is 3. The molecule has 0 aliphatic carbocycles. The van der Waals surface area contributed by atoms with E-state index in [0.717, 1.165) is 66.9 Å². The monoisotopic (exact) mass is 518 g/mol. The Balaban J connectivity index is 1.42. The number of piperidine rings is 2. The van der Waals surface area contributed by atoms with Crippen LogP contribution in [0.3, 0.4) is 0 Å². The van der Waals surface area contributed by atoms with E-state index in [1.54, 1.807) is 0 Å². The molecule has 2 aliphatic heterocycles. The summed E-state index contributed by atoms with van der Waals surface area (Å²) in [6.07, 6.45) is 1.04. The van der Waals surface area contributed by atoms with Crippen LogP contribution in [0.2, 0.25) is 0 Å². The summed E-state index contributed by atoms with van der Waals surface area (Å²) in [4.78, 5) is 15.0. The van der Waals surface area contributed by atoms with Crippen LogP contribution in [0, 0.1) is 11.8 Å². The van der Waals surface area contributed by atoms with E-state index in [4.69, 9.17) is 4.74 Å². The number of ether oxygens (including phenoxy) is 1. The lowest BCUT2D eigenvalue weighted by Crippen LogP contribution is -2.47. The summed E-state index contributed by atoms with van der Waals surface area (Å²) in [6, 6.07) is 6.18. The predicted molar refractivity (Wildman–Crippen MR) is 123 cm³/mol. The molecule has 2 fully saturated rings. The minimum Gasteiger partial charge on any atom is -0.491 e. The van der Waals surface area contributed by atoms with Crippen LogP contribution in [-0.4, -0.2) is 60.7 Å². The number of rotatable bonds is 7. The maximum Gasteiger partial charge on any atom is 0.471 e. The average molecular weight is 519 g/mol. The Bertz CT molecular complexity index is 764. The van der Waals surface area contributed by atoms with Crippen LogP contribution in [0.1, 0.15) is 51.5 Å². The number of nitrogens with zero attached hydrogens (tertiary/aromatic N) is 2. The highest BCUT2D eigenvalue weighted by molar-refractivity contribution is 9.10. The molecule has 180 valence electrons. The molecular formula is C24H34BrF3N2O2. The number of halogens is 4. The van der Waals surface area contributed by atoms with Crippen molar-refractivity contribution in [2.75, 3.05) is 32.7 Å². The van der Waals surface area contributed by atoms with Gasteiger partial charge in [0.25, 0.3) is 0 Å². The molecule has 1 aromatic carbocycles. The molecule has 8 heteroatoms. The molecule has 0 aromatic heterocycles. The molecular weight excluding hydrogens is 485 g/mol. The second kappa shape index (κ2) is 11.2. The summed E-state index contributed by atoms with van der Waals surface area (Å²) >= 11 is 3.67. The number of amides is 1. The second-order valence-electron chi connectivity index (χ2n) is 9.45. The summed E-state index contributed by atoms with van der Waals surface area (Å²) < 4.78 is 45.1. The molecule has 2 aliphatic rings. The Kier molecular flexibility index (Phi) is 8.90. The van der Waals surface area contributed by atoms with Gasteiger partial charge in [0.2, 0.25) is 0 Å². The number of hydrogen-bond donors (Lipinski definition) is 0. The first-order valence-electron chi connectivity index (χ1n) is 11.7. The van der Waals surface area contributed by atoms with Crippen LogP contribution in [0.5, 0.6) is 5.75 Å². The minimum atomic E-state index is -4.76. The standard InChI is InChI=1S/C24H34BrF3N2O2/c1-17(2)32-21-5-6-22(25)20(15-21)14-18-7-11-29(12-8-18)13-9-19-4-3-10-30(16-19)23(31)24(26,27)28/h5-6,15,17-19H,3-4,7-14,16H2,1-2H3. The van der Waals surface area contributed by atoms with Gasteiger partial charge in [-0.3, -0.25) is 4.79 Å². The molecule has 2 saturated heterocycles. The van der Waals surface area contributed by atoms with E-state index in [-0.39, 0.29) is 25.1 Å². The van der Waals surface area contributed by atoms with Gasteiger partial charge in [0, 0.05) is 17.6 Å². The third-order valence-electron chi connectivity index (χ3n) is 6.51. The van der Waals surface area contributed by atoms with Gasteiger partial charge in [0.05, 0.1) is 6.10 Å². The van der Waals surface area contributed by atoms with E-state index in [2.05, 4.69) is 33.0 Å². The Morgan fingerprint density at radius 3 is 2.53 bits per heavy atom. The van der Waals surface area contributed by atoms with E-state index >= 15 is 0 Å². The lowest BCUT2D eigenvalue weighted by atomic mass is 9.89. The molecule has 0 bridgehead atoms. The van der Waals surface area contributed by atoms with Gasteiger partial charge in [-0.15, -0.1) is 0 Å². The molecule has 2 heterocycles. The third-order valence-corrected chi connectivity index (χ3v) is 7.28. The van der Waals surface area contributed by atoms with Crippen molar-refractivity contribution in [3.05, 3.63) is 28.2 Å². The van der Waals surface area contributed by atoms with Gasteiger partial charge < -0.3 is 14.5 Å². The molecule has 4 nitrogen and oxygen atoms in total. The lowest BCUT2D eigenvalue weighted by Gasteiger charge is -2.36. The Labute approximate surface area is 197 Å². The van der Waals surface area contributed by atoms with E-state index < -0.39 is 12.1 Å². The zero-order chi connectivity index (χ0) is 23.3. The Hall–Kier alpha value is -1.28. The smallest absolute Gasteiger partial charge is 0.471 e. The molecule has 0 radical (unpaired) electrons. The number of hydrogen-bond acceptors (Lipinski definition) is 3. The van der Waals surface area contributed by atoms with Crippen LogP contribution in [0.4, 0.5) is 13.2 Å². The van der Waals surface area contributed by atoms with Crippen molar-refractivity contribution in [1.29, 1.82) is 0 Å². The SMILES string of the molecule is CC(C)Oc1ccc(Br)c(CC2CCN(CCC3CCCN(C(=O)C(F)(F)F)C3)CC2)c1. The summed E-state index contributed by atoms with van der Waals surface area (Å²) in [6.45, 7) is 7.43. The Morgan fingerprint density at radius 2 is 1.88 bits per heavy atom. The van der Waals surface area contributed by atoms with E-state index in [1.165, 1.54) is 5.56 Å². The summed E-state index contributed by atoms with van der Waals surface area (Å²) in [7, 11) is 0. The average Bonchev–Trinajstić information content (AvgIpc) is 2.74. The minimum absolute atomic E-state index is 0.148. The van der Waals surface area contributed by atoms with Gasteiger partial charge in [-0.1, -0.05) is 15.9 Å². The first kappa shape index (κ1) is 25.3. The largest absolute Gasteiger partial charge is 0.491 e. The number of benzene rings is 1. The van der Waals surface area contributed by atoms with Crippen LogP contribution in [0.25, 0.3) is 0 Å². The molecule has 1 unspecified atom stereocenters. The molecule has 1 amide bonds. The van der Waals surface area contributed by atoms with Crippen LogP contribution >= 0.6 is 15.9 Å². The van der Waals surface area contributed by atoms with Crippen LogP contribution in [-0.2, 0) is 11.2 Å². The highest BCUT2D eigenvalue weighted by Crippen LogP contribution is 2.30. The maximum atomic E-state index is 12.7. The van der Waals surface area contributed by atoms with E-state index in [1.807, 2.05) is 19.9 Å². The van der Waals surface area contributed by atoms with Gasteiger partial charge in [-0.25, -0.2) is 0 Å². The first-order chi connectivity index (χ1) is 15.1. The number of likely N-dealkylation sites (tertiary alicyclic amines) is 2. The van der Waals surface area contributed by atoms with Crippen molar-refractivity contribution < 1.29 is 22.7 Å². The Morgan fingerprint density at radius 1 is 1.16 bits per heavy atom. The quantitative estimate of drug-likeness (QED) is 0.465. The van der Waals surface area contributed by atoms with Gasteiger partial charge in [0.1, 0.15) is 5.75 Å². The summed E-state index contributed by atoms with van der Waals surface area (Å²) in [5.41, 5.74) is 1.28. The lowest BCUT2D eigenvalue weighted by molar-refractivity contribution is -0.187. The van der Waals surface area contributed by atoms with Gasteiger partial charge in [0.15, 0.2) is 0 Å². The molecule has 1 aromatic rings. The molecule has 0 spiro atoms. The van der Waals surface area contributed by atoms with Gasteiger partial charge in [-0.05, 0) is 108 Å². The van der Waals surface area contributed by atoms with E-state index in [9.17, 15) is 18.0 Å². The molecule has 32 heavy (non-hydrogen) atoms. The van der Waals surface area contributed by atoms with Crippen molar-refractivity contribution in [2.45, 2.75) is 64.7 Å². The fourth-order valence-corrected chi connectivity index (χ4v) is 5.22. The fraction of sp³-hybridized carbons (Fsp3) is 0.708. The first-order valence-corrected chi connectivity index (χ1v) is 12.4. The topological polar surface area (TPSA) is 32.8 Å². The zero-order valence-electron chi connectivity index (χ0n) is 19.0. The zero-order valence-corrected chi connectivity index (χ0v) is 20.6. The summed E-state index contributed by atoms with van der Waals surface area (Å²) in [5.74, 6) is -0.00272.